The molecule has 0 spiro atoms. The number of hydrogen-bond acceptors (Lipinski definition) is 5. The number of benzene rings is 1. The van der Waals surface area contributed by atoms with E-state index in [0.29, 0.717) is 30.4 Å². The minimum Gasteiger partial charge on any atom is -0.461 e. The Kier molecular flexibility index (Phi) is 4.98. The zero-order chi connectivity index (χ0) is 14.5. The van der Waals surface area contributed by atoms with E-state index in [1.807, 2.05) is 19.1 Å². The van der Waals surface area contributed by atoms with E-state index in [0.717, 1.165) is 5.69 Å². The molecule has 1 atom stereocenters. The van der Waals surface area contributed by atoms with E-state index in [-0.39, 0.29) is 6.23 Å². The largest absolute Gasteiger partial charge is 0.461 e. The van der Waals surface area contributed by atoms with Crippen LogP contribution in [0.15, 0.2) is 29.4 Å². The molecular weight excluding hydrogens is 280 g/mol. The standard InChI is InChI=1S/C14H17ClN2O3/c1-3-19-13-9-12(14(18)20-4-2)16-17(13)11-7-5-10(15)6-8-11/h5-8,13H,3-4,9H2,1-2H3. The Balaban J connectivity index is 2.22. The van der Waals surface area contributed by atoms with Crippen LogP contribution in [0.25, 0.3) is 0 Å². The first-order valence-corrected chi connectivity index (χ1v) is 6.94. The lowest BCUT2D eigenvalue weighted by Crippen LogP contribution is -2.29. The van der Waals surface area contributed by atoms with Crippen LogP contribution in [0.5, 0.6) is 0 Å². The van der Waals surface area contributed by atoms with Gasteiger partial charge in [-0.25, -0.2) is 9.80 Å². The Hall–Kier alpha value is -1.59. The highest BCUT2D eigenvalue weighted by atomic mass is 35.5. The fourth-order valence-electron chi connectivity index (χ4n) is 1.97. The second kappa shape index (κ2) is 6.72. The Morgan fingerprint density at radius 1 is 1.35 bits per heavy atom. The normalized spacial score (nSPS) is 18.1. The SMILES string of the molecule is CCOC(=O)C1=NN(c2ccc(Cl)cc2)C(OCC)C1. The van der Waals surface area contributed by atoms with Crippen molar-refractivity contribution in [3.8, 4) is 0 Å². The Morgan fingerprint density at radius 2 is 2.05 bits per heavy atom. The topological polar surface area (TPSA) is 51.1 Å². The Labute approximate surface area is 123 Å². The van der Waals surface area contributed by atoms with Crippen LogP contribution < -0.4 is 5.01 Å². The van der Waals surface area contributed by atoms with Gasteiger partial charge in [-0.15, -0.1) is 0 Å². The fourth-order valence-corrected chi connectivity index (χ4v) is 2.09. The van der Waals surface area contributed by atoms with Crippen molar-refractivity contribution in [2.45, 2.75) is 26.5 Å². The van der Waals surface area contributed by atoms with Crippen LogP contribution in [-0.4, -0.2) is 31.1 Å². The molecule has 2 rings (SSSR count). The summed E-state index contributed by atoms with van der Waals surface area (Å²) in [7, 11) is 0. The minimum absolute atomic E-state index is 0.291. The highest BCUT2D eigenvalue weighted by Crippen LogP contribution is 2.26. The minimum atomic E-state index is -0.395. The molecular formula is C14H17ClN2O3. The van der Waals surface area contributed by atoms with Crippen molar-refractivity contribution in [2.75, 3.05) is 18.2 Å². The second-order valence-corrected chi connectivity index (χ2v) is 4.64. The number of carbonyl (C=O) groups is 1. The number of anilines is 1. The van der Waals surface area contributed by atoms with Crippen molar-refractivity contribution in [3.63, 3.8) is 0 Å². The summed E-state index contributed by atoms with van der Waals surface area (Å²) in [5, 5.41) is 6.65. The third kappa shape index (κ3) is 3.29. The van der Waals surface area contributed by atoms with E-state index in [1.165, 1.54) is 0 Å². The van der Waals surface area contributed by atoms with E-state index in [1.54, 1.807) is 24.1 Å². The molecule has 1 aliphatic heterocycles. The van der Waals surface area contributed by atoms with Gasteiger partial charge in [0.2, 0.25) is 0 Å². The van der Waals surface area contributed by atoms with Crippen molar-refractivity contribution in [1.29, 1.82) is 0 Å². The number of hydrazone groups is 1. The molecule has 0 saturated carbocycles. The van der Waals surface area contributed by atoms with E-state index in [4.69, 9.17) is 21.1 Å². The third-order valence-electron chi connectivity index (χ3n) is 2.83. The predicted octanol–water partition coefficient (Wildman–Crippen LogP) is 2.83. The lowest BCUT2D eigenvalue weighted by atomic mass is 10.2. The maximum atomic E-state index is 11.8. The van der Waals surface area contributed by atoms with Crippen molar-refractivity contribution < 1.29 is 14.3 Å². The summed E-state index contributed by atoms with van der Waals surface area (Å²) in [4.78, 5) is 11.8. The molecule has 1 aromatic carbocycles. The van der Waals surface area contributed by atoms with Gasteiger partial charge in [-0.1, -0.05) is 11.6 Å². The summed E-state index contributed by atoms with van der Waals surface area (Å²) in [6.07, 6.45) is 0.121. The number of carbonyl (C=O) groups excluding carboxylic acids is 1. The van der Waals surface area contributed by atoms with Crippen LogP contribution >= 0.6 is 11.6 Å². The smallest absolute Gasteiger partial charge is 0.354 e. The van der Waals surface area contributed by atoms with Crippen LogP contribution in [0.1, 0.15) is 20.3 Å². The van der Waals surface area contributed by atoms with Crippen molar-refractivity contribution in [1.82, 2.24) is 0 Å². The summed E-state index contributed by atoms with van der Waals surface area (Å²) >= 11 is 5.88. The lowest BCUT2D eigenvalue weighted by molar-refractivity contribution is -0.135. The van der Waals surface area contributed by atoms with Gasteiger partial charge in [0.15, 0.2) is 11.9 Å². The number of rotatable bonds is 5. The monoisotopic (exact) mass is 296 g/mol. The molecule has 0 amide bonds. The molecule has 1 aliphatic rings. The first kappa shape index (κ1) is 14.8. The van der Waals surface area contributed by atoms with E-state index < -0.39 is 5.97 Å². The molecule has 0 fully saturated rings. The first-order valence-electron chi connectivity index (χ1n) is 6.56. The van der Waals surface area contributed by atoms with Crippen molar-refractivity contribution >= 4 is 29.0 Å². The zero-order valence-corrected chi connectivity index (χ0v) is 12.3. The van der Waals surface area contributed by atoms with E-state index >= 15 is 0 Å². The van der Waals surface area contributed by atoms with E-state index in [2.05, 4.69) is 5.10 Å². The van der Waals surface area contributed by atoms with Crippen LogP contribution in [-0.2, 0) is 14.3 Å². The predicted molar refractivity (Wildman–Crippen MR) is 78.0 cm³/mol. The molecule has 20 heavy (non-hydrogen) atoms. The van der Waals surface area contributed by atoms with Gasteiger partial charge in [0.25, 0.3) is 0 Å². The fraction of sp³-hybridized carbons (Fsp3) is 0.429. The maximum Gasteiger partial charge on any atom is 0.354 e. The molecule has 0 radical (unpaired) electrons. The summed E-state index contributed by atoms with van der Waals surface area (Å²) < 4.78 is 10.6. The van der Waals surface area contributed by atoms with Crippen molar-refractivity contribution in [2.24, 2.45) is 5.10 Å². The number of halogens is 1. The molecule has 1 heterocycles. The molecule has 108 valence electrons. The zero-order valence-electron chi connectivity index (χ0n) is 11.5. The van der Waals surface area contributed by atoms with Gasteiger partial charge < -0.3 is 9.47 Å². The quantitative estimate of drug-likeness (QED) is 0.784. The molecule has 0 aliphatic carbocycles. The van der Waals surface area contributed by atoms with Crippen LogP contribution in [0.3, 0.4) is 0 Å². The van der Waals surface area contributed by atoms with Crippen LogP contribution in [0.4, 0.5) is 5.69 Å². The van der Waals surface area contributed by atoms with Crippen LogP contribution in [0.2, 0.25) is 5.02 Å². The molecule has 5 nitrogen and oxygen atoms in total. The molecule has 1 aromatic rings. The van der Waals surface area contributed by atoms with Gasteiger partial charge in [0, 0.05) is 18.1 Å². The lowest BCUT2D eigenvalue weighted by Gasteiger charge is -2.22. The average Bonchev–Trinajstić information content (AvgIpc) is 2.84. The van der Waals surface area contributed by atoms with Gasteiger partial charge in [-0.3, -0.25) is 0 Å². The number of esters is 1. The summed E-state index contributed by atoms with van der Waals surface area (Å²) in [5.41, 5.74) is 1.20. The number of ether oxygens (including phenoxy) is 2. The van der Waals surface area contributed by atoms with Gasteiger partial charge in [0.1, 0.15) is 0 Å². The molecule has 0 saturated heterocycles. The second-order valence-electron chi connectivity index (χ2n) is 4.20. The van der Waals surface area contributed by atoms with Crippen molar-refractivity contribution in [3.05, 3.63) is 29.3 Å². The van der Waals surface area contributed by atoms with Crippen LogP contribution in [0, 0.1) is 0 Å². The first-order chi connectivity index (χ1) is 9.65. The number of hydrogen-bond donors (Lipinski definition) is 0. The van der Waals surface area contributed by atoms with Gasteiger partial charge >= 0.3 is 5.97 Å². The Bertz CT molecular complexity index is 502. The summed E-state index contributed by atoms with van der Waals surface area (Å²) in [6, 6.07) is 7.23. The number of nitrogens with zero attached hydrogens (tertiary/aromatic N) is 2. The highest BCUT2D eigenvalue weighted by molar-refractivity contribution is 6.37. The van der Waals surface area contributed by atoms with Gasteiger partial charge in [-0.05, 0) is 38.1 Å². The Morgan fingerprint density at radius 3 is 2.65 bits per heavy atom. The van der Waals surface area contributed by atoms with E-state index in [9.17, 15) is 4.79 Å². The summed E-state index contributed by atoms with van der Waals surface area (Å²) in [6.45, 7) is 4.55. The third-order valence-corrected chi connectivity index (χ3v) is 3.08. The average molecular weight is 297 g/mol. The molecule has 1 unspecified atom stereocenters. The van der Waals surface area contributed by atoms with Gasteiger partial charge in [-0.2, -0.15) is 5.10 Å². The molecule has 0 aromatic heterocycles. The molecule has 6 heteroatoms. The van der Waals surface area contributed by atoms with Gasteiger partial charge in [0.05, 0.1) is 12.3 Å². The highest BCUT2D eigenvalue weighted by Gasteiger charge is 2.32. The molecule has 0 bridgehead atoms. The summed E-state index contributed by atoms with van der Waals surface area (Å²) in [5.74, 6) is -0.395. The maximum absolute atomic E-state index is 11.8. The molecule has 0 N–H and O–H groups in total.